The maximum atomic E-state index is 11.8. The number of nitrogens with zero attached hydrogens (tertiary/aromatic N) is 1. The molecule has 1 atom stereocenters. The molecular weight excluding hydrogens is 384 g/mol. The van der Waals surface area contributed by atoms with Crippen LogP contribution in [0.4, 0.5) is 4.79 Å². The number of primary amides is 1. The van der Waals surface area contributed by atoms with Crippen LogP contribution in [0.15, 0.2) is 30.3 Å². The summed E-state index contributed by atoms with van der Waals surface area (Å²) in [4.78, 5) is 12.9. The van der Waals surface area contributed by atoms with Crippen LogP contribution in [-0.4, -0.2) is 52.4 Å². The van der Waals surface area contributed by atoms with E-state index >= 15 is 0 Å². The van der Waals surface area contributed by atoms with E-state index in [4.69, 9.17) is 5.73 Å². The molecule has 1 aromatic rings. The van der Waals surface area contributed by atoms with Gasteiger partial charge in [0.25, 0.3) is 0 Å². The lowest BCUT2D eigenvalue weighted by atomic mass is 9.98. The van der Waals surface area contributed by atoms with Crippen LogP contribution in [0.3, 0.4) is 0 Å². The van der Waals surface area contributed by atoms with Gasteiger partial charge in [-0.2, -0.15) is 0 Å². The first kappa shape index (κ1) is 23.2. The van der Waals surface area contributed by atoms with Crippen molar-refractivity contribution >= 4 is 22.5 Å². The van der Waals surface area contributed by atoms with Gasteiger partial charge in [0.15, 0.2) is 0 Å². The number of hydrogen-bond acceptors (Lipinski definition) is 4. The van der Waals surface area contributed by atoms with Crippen LogP contribution in [0.1, 0.15) is 50.7 Å². The normalized spacial score (nSPS) is 15.8. The van der Waals surface area contributed by atoms with Crippen LogP contribution in [0, 0.1) is 11.8 Å². The zero-order valence-corrected chi connectivity index (χ0v) is 18.5. The number of carbonyl (C=O) groups excluding carboxylic acids is 1. The lowest BCUT2D eigenvalue weighted by molar-refractivity contribution is 0.156. The lowest BCUT2D eigenvalue weighted by Gasteiger charge is -2.30. The van der Waals surface area contributed by atoms with Gasteiger partial charge >= 0.3 is 6.09 Å². The third-order valence-electron chi connectivity index (χ3n) is 5.28. The van der Waals surface area contributed by atoms with Crippen LogP contribution >= 0.6 is 0 Å². The third kappa shape index (κ3) is 8.04. The van der Waals surface area contributed by atoms with Crippen molar-refractivity contribution in [3.05, 3.63) is 41.5 Å². The summed E-state index contributed by atoms with van der Waals surface area (Å²) in [6.45, 7) is 7.42. The van der Waals surface area contributed by atoms with Crippen molar-refractivity contribution in [1.29, 1.82) is 0 Å². The summed E-state index contributed by atoms with van der Waals surface area (Å²) in [5.74, 6) is 6.22. The van der Waals surface area contributed by atoms with Gasteiger partial charge in [-0.3, -0.25) is 9.11 Å². The zero-order chi connectivity index (χ0) is 21.3. The Morgan fingerprint density at radius 2 is 2.03 bits per heavy atom. The Balaban J connectivity index is 1.81. The fraction of sp³-hybridized carbons (Fsp3) is 0.522. The fourth-order valence-corrected chi connectivity index (χ4v) is 3.39. The highest BCUT2D eigenvalue weighted by Crippen LogP contribution is 2.24. The predicted molar refractivity (Wildman–Crippen MR) is 120 cm³/mol. The minimum Gasteiger partial charge on any atom is -0.450 e. The SMILES string of the molecule is CS(=O)C(C)(C)CCN1CC=C(c2ccc(C#CCCCOC(N)=O)cc2)CC1. The summed E-state index contributed by atoms with van der Waals surface area (Å²) in [6, 6.07) is 8.36. The number of amides is 1. The number of hydrogen-bond donors (Lipinski definition) is 1. The van der Waals surface area contributed by atoms with Crippen molar-refractivity contribution < 1.29 is 13.7 Å². The minimum absolute atomic E-state index is 0.129. The van der Waals surface area contributed by atoms with Gasteiger partial charge in [-0.25, -0.2) is 4.79 Å². The number of carbonyl (C=O) groups is 1. The van der Waals surface area contributed by atoms with Crippen LogP contribution in [0.25, 0.3) is 5.57 Å². The van der Waals surface area contributed by atoms with E-state index in [-0.39, 0.29) is 4.75 Å². The van der Waals surface area contributed by atoms with E-state index in [2.05, 4.69) is 65.7 Å². The Labute approximate surface area is 177 Å². The molecule has 0 aliphatic carbocycles. The molecule has 0 saturated heterocycles. The van der Waals surface area contributed by atoms with Crippen molar-refractivity contribution in [3.8, 4) is 11.8 Å². The first-order valence-electron chi connectivity index (χ1n) is 10.0. The number of nitrogens with two attached hydrogens (primary N) is 1. The van der Waals surface area contributed by atoms with Crippen LogP contribution in [0.5, 0.6) is 0 Å². The van der Waals surface area contributed by atoms with E-state index < -0.39 is 16.9 Å². The van der Waals surface area contributed by atoms with Gasteiger partial charge in [0.2, 0.25) is 0 Å². The Morgan fingerprint density at radius 1 is 1.31 bits per heavy atom. The molecule has 0 saturated carbocycles. The average Bonchev–Trinajstić information content (AvgIpc) is 2.70. The standard InChI is InChI=1S/C23H32N2O3S/c1-23(2,29(3)27)14-17-25-15-12-21(13-16-25)20-10-8-19(9-11-20)7-5-4-6-18-28-22(24)26/h8-12H,4,6,13-18H2,1-3H3,(H2,24,26). The molecule has 6 heteroatoms. The van der Waals surface area contributed by atoms with E-state index in [0.717, 1.165) is 38.0 Å². The summed E-state index contributed by atoms with van der Waals surface area (Å²) in [5.41, 5.74) is 8.52. The van der Waals surface area contributed by atoms with E-state index in [9.17, 15) is 9.00 Å². The molecule has 1 amide bonds. The van der Waals surface area contributed by atoms with Crippen molar-refractivity contribution in [2.45, 2.75) is 44.3 Å². The van der Waals surface area contributed by atoms with Crippen molar-refractivity contribution in [2.75, 3.05) is 32.5 Å². The van der Waals surface area contributed by atoms with Gasteiger partial charge in [-0.05, 0) is 62.9 Å². The minimum atomic E-state index is -0.804. The second-order valence-electron chi connectivity index (χ2n) is 7.89. The van der Waals surface area contributed by atoms with Gasteiger partial charge in [-0.1, -0.05) is 30.0 Å². The molecule has 0 aromatic heterocycles. The fourth-order valence-electron chi connectivity index (χ4n) is 3.01. The summed E-state index contributed by atoms with van der Waals surface area (Å²) >= 11 is 0. The highest BCUT2D eigenvalue weighted by molar-refractivity contribution is 7.85. The molecule has 1 heterocycles. The highest BCUT2D eigenvalue weighted by atomic mass is 32.2. The molecule has 1 aliphatic heterocycles. The van der Waals surface area contributed by atoms with Crippen molar-refractivity contribution in [1.82, 2.24) is 4.90 Å². The van der Waals surface area contributed by atoms with Gasteiger partial charge in [0.1, 0.15) is 0 Å². The van der Waals surface area contributed by atoms with Crippen LogP contribution < -0.4 is 5.73 Å². The molecule has 5 nitrogen and oxygen atoms in total. The molecule has 2 rings (SSSR count). The van der Waals surface area contributed by atoms with E-state index in [0.29, 0.717) is 19.4 Å². The Morgan fingerprint density at radius 3 is 2.62 bits per heavy atom. The first-order valence-corrected chi connectivity index (χ1v) is 11.6. The second-order valence-corrected chi connectivity index (χ2v) is 9.91. The molecule has 158 valence electrons. The summed E-state index contributed by atoms with van der Waals surface area (Å²) in [7, 11) is -0.804. The quantitative estimate of drug-likeness (QED) is 0.520. The monoisotopic (exact) mass is 416 g/mol. The van der Waals surface area contributed by atoms with Gasteiger partial charge in [0, 0.05) is 46.9 Å². The molecular formula is C23H32N2O3S. The highest BCUT2D eigenvalue weighted by Gasteiger charge is 2.24. The summed E-state index contributed by atoms with van der Waals surface area (Å²) in [6.07, 6.45) is 6.68. The van der Waals surface area contributed by atoms with Crippen molar-refractivity contribution in [2.24, 2.45) is 5.73 Å². The molecule has 1 aliphatic rings. The number of unbranched alkanes of at least 4 members (excludes halogenated alkanes) is 1. The van der Waals surface area contributed by atoms with Gasteiger partial charge < -0.3 is 10.5 Å². The molecule has 2 N–H and O–H groups in total. The molecule has 1 aromatic carbocycles. The molecule has 29 heavy (non-hydrogen) atoms. The Bertz CT molecular complexity index is 804. The van der Waals surface area contributed by atoms with E-state index in [1.165, 1.54) is 11.1 Å². The topological polar surface area (TPSA) is 72.6 Å². The number of benzene rings is 1. The van der Waals surface area contributed by atoms with Gasteiger partial charge in [-0.15, -0.1) is 0 Å². The van der Waals surface area contributed by atoms with Crippen molar-refractivity contribution in [3.63, 3.8) is 0 Å². The van der Waals surface area contributed by atoms with E-state index in [1.807, 2.05) is 0 Å². The second kappa shape index (κ2) is 11.2. The average molecular weight is 417 g/mol. The summed E-state index contributed by atoms with van der Waals surface area (Å²) in [5, 5.41) is 0. The maximum absolute atomic E-state index is 11.8. The molecule has 0 radical (unpaired) electrons. The predicted octanol–water partition coefficient (Wildman–Crippen LogP) is 3.55. The van der Waals surface area contributed by atoms with Gasteiger partial charge in [0.05, 0.1) is 6.61 Å². The smallest absolute Gasteiger partial charge is 0.404 e. The zero-order valence-electron chi connectivity index (χ0n) is 17.7. The third-order valence-corrected chi connectivity index (χ3v) is 7.04. The maximum Gasteiger partial charge on any atom is 0.404 e. The summed E-state index contributed by atoms with van der Waals surface area (Å²) < 4.78 is 16.3. The molecule has 0 spiro atoms. The van der Waals surface area contributed by atoms with E-state index in [1.54, 1.807) is 6.26 Å². The van der Waals surface area contributed by atoms with Crippen LogP contribution in [-0.2, 0) is 15.5 Å². The lowest BCUT2D eigenvalue weighted by Crippen LogP contribution is -2.35. The molecule has 0 fully saturated rings. The first-order chi connectivity index (χ1) is 13.8. The molecule has 1 unspecified atom stereocenters. The largest absolute Gasteiger partial charge is 0.450 e. The Kier molecular flexibility index (Phi) is 8.94. The molecule has 0 bridgehead atoms. The van der Waals surface area contributed by atoms with Crippen LogP contribution in [0.2, 0.25) is 0 Å². The number of rotatable bonds is 8. The number of ether oxygens (including phenoxy) is 1. The Hall–Kier alpha value is -2.10.